The van der Waals surface area contributed by atoms with Gasteiger partial charge >= 0.3 is 6.18 Å². The summed E-state index contributed by atoms with van der Waals surface area (Å²) in [6.07, 6.45) is -1.17. The van der Waals surface area contributed by atoms with Gasteiger partial charge in [-0.15, -0.1) is 0 Å². The Hall–Kier alpha value is -3.55. The Labute approximate surface area is 158 Å². The van der Waals surface area contributed by atoms with Crippen molar-refractivity contribution in [3.05, 3.63) is 66.1 Å². The molecule has 0 aliphatic heterocycles. The van der Waals surface area contributed by atoms with Crippen LogP contribution >= 0.6 is 0 Å². The summed E-state index contributed by atoms with van der Waals surface area (Å²) in [6.45, 7) is 1.86. The zero-order chi connectivity index (χ0) is 19.9. The van der Waals surface area contributed by atoms with Gasteiger partial charge in [0.05, 0.1) is 10.9 Å². The Morgan fingerprint density at radius 1 is 1.04 bits per heavy atom. The van der Waals surface area contributed by atoms with Gasteiger partial charge in [0.2, 0.25) is 5.88 Å². The summed E-state index contributed by atoms with van der Waals surface area (Å²) >= 11 is 0. The van der Waals surface area contributed by atoms with Gasteiger partial charge in [0.1, 0.15) is 11.4 Å². The fraction of sp³-hybridized carbons (Fsp3) is 0.100. The second-order valence-corrected chi connectivity index (χ2v) is 6.27. The van der Waals surface area contributed by atoms with Crippen molar-refractivity contribution < 1.29 is 17.6 Å². The highest BCUT2D eigenvalue weighted by atomic mass is 19.4. The van der Waals surface area contributed by atoms with Gasteiger partial charge in [-0.3, -0.25) is 9.97 Å². The quantitative estimate of drug-likeness (QED) is 0.485. The van der Waals surface area contributed by atoms with Crippen LogP contribution in [-0.2, 0) is 6.18 Å². The van der Waals surface area contributed by atoms with Crippen molar-refractivity contribution in [1.82, 2.24) is 9.97 Å². The number of alkyl halides is 3. The Balaban J connectivity index is 1.79. The van der Waals surface area contributed by atoms with Crippen molar-refractivity contribution in [1.29, 1.82) is 0 Å². The number of nitrogens with one attached hydrogen (secondary N) is 1. The van der Waals surface area contributed by atoms with Crippen LogP contribution in [0.5, 0.6) is 0 Å². The van der Waals surface area contributed by atoms with E-state index >= 15 is 0 Å². The van der Waals surface area contributed by atoms with Crippen molar-refractivity contribution >= 4 is 28.2 Å². The summed E-state index contributed by atoms with van der Waals surface area (Å²) in [5, 5.41) is 3.56. The van der Waals surface area contributed by atoms with Crippen LogP contribution in [0.1, 0.15) is 11.3 Å². The van der Waals surface area contributed by atoms with E-state index in [-0.39, 0.29) is 11.6 Å². The third-order valence-electron chi connectivity index (χ3n) is 4.26. The molecular formula is C20H15F3N4O. The Kier molecular flexibility index (Phi) is 4.18. The number of furan rings is 1. The molecule has 0 saturated carbocycles. The molecule has 0 radical (unpaired) electrons. The molecule has 142 valence electrons. The number of hydrogen-bond acceptors (Lipinski definition) is 5. The molecule has 5 nitrogen and oxygen atoms in total. The van der Waals surface area contributed by atoms with Gasteiger partial charge < -0.3 is 15.5 Å². The van der Waals surface area contributed by atoms with E-state index in [1.807, 2.05) is 13.0 Å². The van der Waals surface area contributed by atoms with E-state index in [1.54, 1.807) is 24.5 Å². The van der Waals surface area contributed by atoms with Crippen LogP contribution in [-0.4, -0.2) is 9.97 Å². The summed E-state index contributed by atoms with van der Waals surface area (Å²) in [6, 6.07) is 10.2. The first kappa shape index (κ1) is 17.8. The minimum Gasteiger partial charge on any atom is -0.436 e. The van der Waals surface area contributed by atoms with E-state index in [4.69, 9.17) is 10.2 Å². The number of aryl methyl sites for hydroxylation is 1. The molecule has 8 heteroatoms. The Morgan fingerprint density at radius 2 is 1.82 bits per heavy atom. The van der Waals surface area contributed by atoms with Crippen LogP contribution in [0, 0.1) is 6.92 Å². The molecule has 1 aromatic carbocycles. The minimum atomic E-state index is -4.43. The SMILES string of the molecule is Cc1cc(-c2nccc3c(Nc4cccc(C(F)(F)F)c4)c(N)oc23)ccn1. The third kappa shape index (κ3) is 3.24. The van der Waals surface area contributed by atoms with Gasteiger partial charge in [-0.05, 0) is 43.3 Å². The highest BCUT2D eigenvalue weighted by molar-refractivity contribution is 6.03. The van der Waals surface area contributed by atoms with Gasteiger partial charge in [-0.2, -0.15) is 13.2 Å². The first-order valence-electron chi connectivity index (χ1n) is 8.37. The highest BCUT2D eigenvalue weighted by Crippen LogP contribution is 2.39. The van der Waals surface area contributed by atoms with Crippen molar-refractivity contribution in [3.63, 3.8) is 0 Å². The van der Waals surface area contributed by atoms with E-state index in [9.17, 15) is 13.2 Å². The number of halogens is 3. The molecule has 3 N–H and O–H groups in total. The Bertz CT molecular complexity index is 1170. The minimum absolute atomic E-state index is 0.0624. The molecule has 0 saturated heterocycles. The van der Waals surface area contributed by atoms with Gasteiger partial charge in [0.15, 0.2) is 5.58 Å². The molecule has 4 rings (SSSR count). The van der Waals surface area contributed by atoms with Crippen molar-refractivity contribution in [2.75, 3.05) is 11.1 Å². The normalized spacial score (nSPS) is 11.7. The predicted molar refractivity (Wildman–Crippen MR) is 101 cm³/mol. The number of anilines is 3. The van der Waals surface area contributed by atoms with E-state index in [0.29, 0.717) is 22.4 Å². The van der Waals surface area contributed by atoms with Crippen LogP contribution < -0.4 is 11.1 Å². The lowest BCUT2D eigenvalue weighted by atomic mass is 10.1. The van der Waals surface area contributed by atoms with Gasteiger partial charge in [-0.1, -0.05) is 6.07 Å². The highest BCUT2D eigenvalue weighted by Gasteiger charge is 2.30. The van der Waals surface area contributed by atoms with Crippen LogP contribution in [0.15, 0.2) is 59.3 Å². The lowest BCUT2D eigenvalue weighted by molar-refractivity contribution is -0.137. The summed E-state index contributed by atoms with van der Waals surface area (Å²) in [7, 11) is 0. The molecule has 0 atom stereocenters. The molecule has 0 unspecified atom stereocenters. The maximum absolute atomic E-state index is 13.0. The van der Waals surface area contributed by atoms with Gasteiger partial charge in [-0.25, -0.2) is 0 Å². The van der Waals surface area contributed by atoms with Gasteiger partial charge in [0, 0.05) is 29.3 Å². The molecule has 4 aromatic rings. The monoisotopic (exact) mass is 384 g/mol. The van der Waals surface area contributed by atoms with Crippen molar-refractivity contribution in [2.24, 2.45) is 0 Å². The molecule has 0 aliphatic rings. The van der Waals surface area contributed by atoms with E-state index in [1.165, 1.54) is 12.1 Å². The number of rotatable bonds is 3. The number of nitrogens with zero attached hydrogens (tertiary/aromatic N) is 2. The maximum Gasteiger partial charge on any atom is 0.416 e. The number of nitrogens with two attached hydrogens (primary N) is 1. The zero-order valence-corrected chi connectivity index (χ0v) is 14.7. The van der Waals surface area contributed by atoms with Crippen LogP contribution in [0.4, 0.5) is 30.4 Å². The number of nitrogen functional groups attached to an aromatic ring is 1. The zero-order valence-electron chi connectivity index (χ0n) is 14.7. The van der Waals surface area contributed by atoms with Crippen molar-refractivity contribution in [3.8, 4) is 11.3 Å². The van der Waals surface area contributed by atoms with Crippen LogP contribution in [0.2, 0.25) is 0 Å². The van der Waals surface area contributed by atoms with Crippen molar-refractivity contribution in [2.45, 2.75) is 13.1 Å². The molecule has 0 aliphatic carbocycles. The molecular weight excluding hydrogens is 369 g/mol. The molecule has 0 spiro atoms. The molecule has 0 amide bonds. The first-order chi connectivity index (χ1) is 13.3. The second kappa shape index (κ2) is 6.56. The summed E-state index contributed by atoms with van der Waals surface area (Å²) in [5.74, 6) is 0.0624. The number of hydrogen-bond donors (Lipinski definition) is 2. The van der Waals surface area contributed by atoms with Gasteiger partial charge in [0.25, 0.3) is 0 Å². The summed E-state index contributed by atoms with van der Waals surface area (Å²) in [4.78, 5) is 8.54. The summed E-state index contributed by atoms with van der Waals surface area (Å²) < 4.78 is 44.6. The van der Waals surface area contributed by atoms with E-state index < -0.39 is 11.7 Å². The number of pyridine rings is 2. The average molecular weight is 384 g/mol. The van der Waals surface area contributed by atoms with Crippen LogP contribution in [0.3, 0.4) is 0 Å². The molecule has 28 heavy (non-hydrogen) atoms. The number of benzene rings is 1. The third-order valence-corrected chi connectivity index (χ3v) is 4.26. The molecule has 0 bridgehead atoms. The lowest BCUT2D eigenvalue weighted by Gasteiger charge is -2.10. The maximum atomic E-state index is 13.0. The summed E-state index contributed by atoms with van der Waals surface area (Å²) in [5.41, 5.74) is 8.54. The van der Waals surface area contributed by atoms with E-state index in [2.05, 4.69) is 15.3 Å². The average Bonchev–Trinajstić information content (AvgIpc) is 2.97. The fourth-order valence-electron chi connectivity index (χ4n) is 2.99. The lowest BCUT2D eigenvalue weighted by Crippen LogP contribution is -2.05. The largest absolute Gasteiger partial charge is 0.436 e. The standard InChI is InChI=1S/C20H15F3N4O/c1-11-9-12(5-7-25-11)16-18-15(6-8-26-16)17(19(24)28-18)27-14-4-2-3-13(10-14)20(21,22)23/h2-10,27H,24H2,1H3. The van der Waals surface area contributed by atoms with E-state index in [0.717, 1.165) is 23.4 Å². The Morgan fingerprint density at radius 3 is 2.57 bits per heavy atom. The second-order valence-electron chi connectivity index (χ2n) is 6.27. The smallest absolute Gasteiger partial charge is 0.416 e. The topological polar surface area (TPSA) is 77.0 Å². The molecule has 0 fully saturated rings. The van der Waals surface area contributed by atoms with Crippen LogP contribution in [0.25, 0.3) is 22.2 Å². The number of fused-ring (bicyclic) bond motifs is 1. The fourth-order valence-corrected chi connectivity index (χ4v) is 2.99. The number of aromatic nitrogens is 2. The predicted octanol–water partition coefficient (Wildman–Crippen LogP) is 5.54. The molecule has 3 aromatic heterocycles. The first-order valence-corrected chi connectivity index (χ1v) is 8.37. The molecule has 3 heterocycles.